The first-order valence-electron chi connectivity index (χ1n) is 16.3. The van der Waals surface area contributed by atoms with Gasteiger partial charge < -0.3 is 24.2 Å². The van der Waals surface area contributed by atoms with E-state index in [4.69, 9.17) is 9.47 Å². The molecule has 0 aromatic heterocycles. The third-order valence-corrected chi connectivity index (χ3v) is 11.6. The number of esters is 1. The van der Waals surface area contributed by atoms with Crippen LogP contribution in [-0.4, -0.2) is 36.6 Å². The third kappa shape index (κ3) is 7.21. The zero-order valence-electron chi connectivity index (χ0n) is 26.9. The number of carbonyl (C=O) groups excluding carboxylic acids is 1. The highest BCUT2D eigenvalue weighted by molar-refractivity contribution is 9.11. The number of fused-ring (bicyclic) bond motifs is 6. The number of unbranched alkanes of at least 4 members (excludes halogenated alkanes) is 4. The molecular weight excluding hydrogens is 846 g/mol. The van der Waals surface area contributed by atoms with E-state index in [0.29, 0.717) is 22.3 Å². The molecule has 3 aromatic carbocycles. The minimum Gasteiger partial charge on any atom is -0.871 e. The van der Waals surface area contributed by atoms with Gasteiger partial charge in [-0.15, -0.1) is 0 Å². The Bertz CT molecular complexity index is 1460. The Kier molecular flexibility index (Phi) is 13.1. The molecule has 250 valence electrons. The number of nitrogens with zero attached hydrogens (tertiary/aromatic N) is 1. The summed E-state index contributed by atoms with van der Waals surface area (Å²) in [4.78, 5) is 12.8. The Morgan fingerprint density at radius 3 is 1.50 bits per heavy atom. The van der Waals surface area contributed by atoms with Gasteiger partial charge in [-0.3, -0.25) is 0 Å². The van der Waals surface area contributed by atoms with E-state index < -0.39 is 11.6 Å². The van der Waals surface area contributed by atoms with Crippen LogP contribution in [0.1, 0.15) is 106 Å². The van der Waals surface area contributed by atoms with E-state index in [0.717, 1.165) is 0 Å². The van der Waals surface area contributed by atoms with E-state index >= 15 is 0 Å². The van der Waals surface area contributed by atoms with E-state index in [9.17, 15) is 15.0 Å². The number of hydrogen-bond donors (Lipinski definition) is 0. The molecule has 5 rings (SSSR count). The Balaban J connectivity index is 0.000000244. The van der Waals surface area contributed by atoms with Crippen molar-refractivity contribution >= 4 is 69.7 Å². The molecule has 0 fully saturated rings. The van der Waals surface area contributed by atoms with Crippen molar-refractivity contribution in [3.63, 3.8) is 0 Å². The first kappa shape index (κ1) is 37.2. The van der Waals surface area contributed by atoms with Gasteiger partial charge in [0.05, 0.1) is 40.7 Å². The van der Waals surface area contributed by atoms with Crippen LogP contribution in [0.3, 0.4) is 0 Å². The molecule has 10 heteroatoms. The lowest BCUT2D eigenvalue weighted by Gasteiger charge is -2.39. The second-order valence-electron chi connectivity index (χ2n) is 12.1. The number of halogens is 4. The van der Waals surface area contributed by atoms with Gasteiger partial charge in [0.1, 0.15) is 11.5 Å². The standard InChI is InChI=1S/C20H8Br4O5.C16H36N/c21-11-5-9-17(13(23)15(11)25)28-18-10(6-12(22)16(26)14(18)24)20(9)8-4-2-1-3-7(8)19(27)29-20;1-5-9-13-17(14-10-6-2,15-11-7-3)16-12-8-4/h1-6,25-26H;5-16H2,1-4H3/q;+1/p-2. The van der Waals surface area contributed by atoms with Gasteiger partial charge in [0.25, 0.3) is 0 Å². The fourth-order valence-corrected chi connectivity index (χ4v) is 8.80. The normalized spacial score (nSPS) is 14.1. The van der Waals surface area contributed by atoms with Crippen molar-refractivity contribution < 1.29 is 29.0 Å². The van der Waals surface area contributed by atoms with E-state index in [1.165, 1.54) is 82.0 Å². The largest absolute Gasteiger partial charge is 0.871 e. The quantitative estimate of drug-likeness (QED) is 0.134. The van der Waals surface area contributed by atoms with Crippen molar-refractivity contribution in [3.05, 3.63) is 76.5 Å². The minimum atomic E-state index is -1.38. The molecule has 0 bridgehead atoms. The van der Waals surface area contributed by atoms with E-state index in [1.54, 1.807) is 36.4 Å². The van der Waals surface area contributed by atoms with Gasteiger partial charge in [-0.2, -0.15) is 0 Å². The van der Waals surface area contributed by atoms with Crippen LogP contribution in [0.25, 0.3) is 0 Å². The topological polar surface area (TPSA) is 81.7 Å². The molecule has 0 saturated carbocycles. The van der Waals surface area contributed by atoms with Gasteiger partial charge in [-0.1, -0.05) is 115 Å². The van der Waals surface area contributed by atoms with Gasteiger partial charge >= 0.3 is 5.97 Å². The summed E-state index contributed by atoms with van der Waals surface area (Å²) in [6, 6.07) is 10.2. The van der Waals surface area contributed by atoms with Crippen LogP contribution in [0, 0.1) is 0 Å². The predicted molar refractivity (Wildman–Crippen MR) is 194 cm³/mol. The molecule has 0 unspecified atom stereocenters. The van der Waals surface area contributed by atoms with Crippen LogP contribution in [-0.2, 0) is 10.3 Å². The molecule has 3 aromatic rings. The molecule has 46 heavy (non-hydrogen) atoms. The first-order valence-corrected chi connectivity index (χ1v) is 19.4. The van der Waals surface area contributed by atoms with Gasteiger partial charge in [-0.25, -0.2) is 4.79 Å². The summed E-state index contributed by atoms with van der Waals surface area (Å²) in [7, 11) is 0. The van der Waals surface area contributed by atoms with Gasteiger partial charge in [-0.05, 0) is 75.7 Å². The summed E-state index contributed by atoms with van der Waals surface area (Å²) < 4.78 is 14.3. The first-order chi connectivity index (χ1) is 22.0. The highest BCUT2D eigenvalue weighted by Crippen LogP contribution is 2.62. The number of carbonyl (C=O) groups is 1. The average Bonchev–Trinajstić information content (AvgIpc) is 3.36. The molecule has 0 radical (unpaired) electrons. The third-order valence-electron chi connectivity index (χ3n) is 8.94. The number of ether oxygens (including phenoxy) is 2. The lowest BCUT2D eigenvalue weighted by atomic mass is 9.77. The van der Waals surface area contributed by atoms with Crippen LogP contribution in [0.15, 0.2) is 54.3 Å². The fraction of sp³-hybridized carbons (Fsp3) is 0.472. The summed E-state index contributed by atoms with van der Waals surface area (Å²) in [5.41, 5.74) is 0.570. The van der Waals surface area contributed by atoms with E-state index in [2.05, 4.69) is 91.4 Å². The molecule has 2 heterocycles. The molecule has 2 aliphatic heterocycles. The maximum atomic E-state index is 12.8. The average molecular weight is 888 g/mol. The molecule has 1 spiro atoms. The van der Waals surface area contributed by atoms with Gasteiger partial charge in [0.2, 0.25) is 0 Å². The summed E-state index contributed by atoms with van der Waals surface area (Å²) in [5.74, 6) is -0.766. The van der Waals surface area contributed by atoms with Crippen LogP contribution < -0.4 is 14.9 Å². The second kappa shape index (κ2) is 16.2. The van der Waals surface area contributed by atoms with E-state index in [1.807, 2.05) is 0 Å². The molecule has 0 atom stereocenters. The fourth-order valence-electron chi connectivity index (χ4n) is 6.40. The second-order valence-corrected chi connectivity index (χ2v) is 15.4. The van der Waals surface area contributed by atoms with Crippen LogP contribution in [0.2, 0.25) is 0 Å². The van der Waals surface area contributed by atoms with Crippen molar-refractivity contribution in [2.75, 3.05) is 26.2 Å². The van der Waals surface area contributed by atoms with E-state index in [-0.39, 0.29) is 40.9 Å². The van der Waals surface area contributed by atoms with Gasteiger partial charge in [0, 0.05) is 25.6 Å². The van der Waals surface area contributed by atoms with Crippen molar-refractivity contribution in [2.24, 2.45) is 0 Å². The predicted octanol–water partition coefficient (Wildman–Crippen LogP) is 10.5. The zero-order valence-corrected chi connectivity index (χ0v) is 33.3. The van der Waals surface area contributed by atoms with Crippen molar-refractivity contribution in [3.8, 4) is 23.0 Å². The molecule has 6 nitrogen and oxygen atoms in total. The van der Waals surface area contributed by atoms with Crippen LogP contribution in [0.4, 0.5) is 0 Å². The molecule has 0 aliphatic carbocycles. The number of hydrogen-bond acceptors (Lipinski definition) is 5. The van der Waals surface area contributed by atoms with Crippen LogP contribution in [0.5, 0.6) is 23.0 Å². The Hall–Kier alpha value is -1.59. The smallest absolute Gasteiger partial charge is 0.340 e. The molecule has 0 N–H and O–H groups in total. The summed E-state index contributed by atoms with van der Waals surface area (Å²) >= 11 is 13.2. The van der Waals surface area contributed by atoms with Crippen molar-refractivity contribution in [1.29, 1.82) is 0 Å². The maximum absolute atomic E-state index is 12.8. The summed E-state index contributed by atoms with van der Waals surface area (Å²) in [5, 5.41) is 25.0. The van der Waals surface area contributed by atoms with Gasteiger partial charge in [0.15, 0.2) is 5.60 Å². The highest BCUT2D eigenvalue weighted by Gasteiger charge is 2.54. The molecular formula is C36H42Br4NO5-. The summed E-state index contributed by atoms with van der Waals surface area (Å²) in [6.07, 6.45) is 11.1. The SMILES string of the molecule is CCCC[N+](CCCC)(CCCC)CCCC.O=C1OC2(c3ccccc31)c1cc(Br)c([O-])c(Br)c1Oc1c2cc(Br)c([O-])c1Br. The lowest BCUT2D eigenvalue weighted by molar-refractivity contribution is -0.929. The Morgan fingerprint density at radius 1 is 0.674 bits per heavy atom. The number of rotatable bonds is 12. The Labute approximate surface area is 307 Å². The highest BCUT2D eigenvalue weighted by atomic mass is 79.9. The maximum Gasteiger partial charge on any atom is 0.340 e. The molecule has 0 saturated heterocycles. The molecule has 2 aliphatic rings. The van der Waals surface area contributed by atoms with Crippen molar-refractivity contribution in [2.45, 2.75) is 84.7 Å². The number of quaternary nitrogens is 1. The number of benzene rings is 3. The monoisotopic (exact) mass is 884 g/mol. The minimum absolute atomic E-state index is 0.162. The summed E-state index contributed by atoms with van der Waals surface area (Å²) in [6.45, 7) is 15.0. The van der Waals surface area contributed by atoms with Crippen molar-refractivity contribution in [1.82, 2.24) is 0 Å². The molecule has 0 amide bonds. The van der Waals surface area contributed by atoms with Crippen LogP contribution >= 0.6 is 63.7 Å². The zero-order chi connectivity index (χ0) is 33.6. The Morgan fingerprint density at radius 2 is 1.09 bits per heavy atom. The lowest BCUT2D eigenvalue weighted by Crippen LogP contribution is -2.50.